The molecule has 0 N–H and O–H groups in total. The molecule has 0 unspecified atom stereocenters. The summed E-state index contributed by atoms with van der Waals surface area (Å²) in [4.78, 5) is 13.1. The van der Waals surface area contributed by atoms with E-state index in [0.29, 0.717) is 18.1 Å². The van der Waals surface area contributed by atoms with Crippen molar-refractivity contribution in [2.24, 2.45) is 5.92 Å². The number of hydrogen-bond donors (Lipinski definition) is 0. The number of thioether (sulfide) groups is 1. The van der Waals surface area contributed by atoms with Crippen LogP contribution in [0.15, 0.2) is 46.9 Å². The van der Waals surface area contributed by atoms with Gasteiger partial charge in [0, 0.05) is 17.2 Å². The first-order valence-electron chi connectivity index (χ1n) is 5.95. The van der Waals surface area contributed by atoms with E-state index in [9.17, 15) is 4.79 Å². The second kappa shape index (κ2) is 4.69. The van der Waals surface area contributed by atoms with Gasteiger partial charge in [0.05, 0.1) is 4.75 Å². The van der Waals surface area contributed by atoms with Crippen LogP contribution in [0.2, 0.25) is 0 Å². The van der Waals surface area contributed by atoms with Gasteiger partial charge in [0.15, 0.2) is 0 Å². The lowest BCUT2D eigenvalue weighted by atomic mass is 9.72. The predicted molar refractivity (Wildman–Crippen MR) is 73.2 cm³/mol. The van der Waals surface area contributed by atoms with E-state index in [2.05, 4.69) is 39.0 Å². The highest BCUT2D eigenvalue weighted by Gasteiger charge is 2.50. The van der Waals surface area contributed by atoms with Crippen molar-refractivity contribution in [1.29, 1.82) is 0 Å². The van der Waals surface area contributed by atoms with Crippen LogP contribution < -0.4 is 0 Å². The summed E-state index contributed by atoms with van der Waals surface area (Å²) in [6.07, 6.45) is 2.93. The van der Waals surface area contributed by atoms with Crippen molar-refractivity contribution < 1.29 is 4.79 Å². The first-order valence-corrected chi connectivity index (χ1v) is 6.76. The second-order valence-corrected chi connectivity index (χ2v) is 6.52. The van der Waals surface area contributed by atoms with Gasteiger partial charge < -0.3 is 0 Å². The van der Waals surface area contributed by atoms with Crippen LogP contribution in [-0.2, 0) is 4.79 Å². The molecule has 0 bridgehead atoms. The Morgan fingerprint density at radius 3 is 2.53 bits per heavy atom. The third kappa shape index (κ3) is 2.47. The molecule has 1 nitrogen and oxygen atoms in total. The van der Waals surface area contributed by atoms with Crippen LogP contribution in [0.4, 0.5) is 0 Å². The van der Waals surface area contributed by atoms with E-state index < -0.39 is 0 Å². The summed E-state index contributed by atoms with van der Waals surface area (Å²) in [6, 6.07) is 10.2. The van der Waals surface area contributed by atoms with E-state index in [-0.39, 0.29) is 4.75 Å². The molecule has 1 aromatic carbocycles. The van der Waals surface area contributed by atoms with Crippen LogP contribution in [-0.4, -0.2) is 10.5 Å². The van der Waals surface area contributed by atoms with Gasteiger partial charge in [-0.1, -0.05) is 29.8 Å². The largest absolute Gasteiger partial charge is 0.298 e. The lowest BCUT2D eigenvalue weighted by Crippen LogP contribution is -2.50. The molecule has 1 fully saturated rings. The molecule has 0 radical (unpaired) electrons. The first kappa shape index (κ1) is 12.4. The van der Waals surface area contributed by atoms with Gasteiger partial charge >= 0.3 is 0 Å². The fourth-order valence-corrected chi connectivity index (χ4v) is 3.44. The molecule has 0 heterocycles. The zero-order chi connectivity index (χ0) is 12.5. The third-order valence-corrected chi connectivity index (χ3v) is 4.74. The molecule has 17 heavy (non-hydrogen) atoms. The topological polar surface area (TPSA) is 17.1 Å². The number of carbonyl (C=O) groups is 1. The van der Waals surface area contributed by atoms with Gasteiger partial charge in [-0.3, -0.25) is 4.79 Å². The van der Waals surface area contributed by atoms with Crippen molar-refractivity contribution in [2.45, 2.75) is 36.8 Å². The number of carbonyl (C=O) groups excluding carboxylic acids is 1. The van der Waals surface area contributed by atoms with Crippen molar-refractivity contribution in [3.8, 4) is 0 Å². The van der Waals surface area contributed by atoms with Crippen LogP contribution in [0, 0.1) is 5.92 Å². The molecule has 1 aromatic rings. The molecule has 2 atom stereocenters. The summed E-state index contributed by atoms with van der Waals surface area (Å²) >= 11 is 1.70. The molecule has 0 amide bonds. The number of Topliss-reactive ketones (excluding diaryl/α,β-unsaturated/α-hetero) is 1. The highest BCUT2D eigenvalue weighted by atomic mass is 32.2. The van der Waals surface area contributed by atoms with E-state index in [1.165, 1.54) is 10.5 Å². The summed E-state index contributed by atoms with van der Waals surface area (Å²) in [5, 5.41) is 0. The summed E-state index contributed by atoms with van der Waals surface area (Å²) in [7, 11) is 0. The molecular formula is C15H18OS. The van der Waals surface area contributed by atoms with Gasteiger partial charge in [0.25, 0.3) is 0 Å². The lowest BCUT2D eigenvalue weighted by Gasteiger charge is -2.43. The Balaban J connectivity index is 2.17. The van der Waals surface area contributed by atoms with E-state index >= 15 is 0 Å². The minimum atomic E-state index is -0.265. The maximum Gasteiger partial charge on any atom is 0.150 e. The van der Waals surface area contributed by atoms with Crippen LogP contribution in [0.3, 0.4) is 0 Å². The highest BCUT2D eigenvalue weighted by Crippen LogP contribution is 2.49. The molecule has 90 valence electrons. The molecule has 2 heteroatoms. The van der Waals surface area contributed by atoms with Crippen LogP contribution in [0.1, 0.15) is 27.2 Å². The molecule has 1 aliphatic carbocycles. The minimum Gasteiger partial charge on any atom is -0.298 e. The standard InChI is InChI=1S/C15H18OS/c1-11(2)9-12-10-14(16)15(12,3)17-13-7-5-4-6-8-13/h4-9,12H,10H2,1-3H3/t12-,15-/m0/s1. The monoisotopic (exact) mass is 246 g/mol. The van der Waals surface area contributed by atoms with Crippen molar-refractivity contribution in [1.82, 2.24) is 0 Å². The molecule has 1 saturated carbocycles. The number of hydrogen-bond acceptors (Lipinski definition) is 2. The van der Waals surface area contributed by atoms with Crippen molar-refractivity contribution >= 4 is 17.5 Å². The Labute approximate surface area is 107 Å². The van der Waals surface area contributed by atoms with Gasteiger partial charge in [0.2, 0.25) is 0 Å². The van der Waals surface area contributed by atoms with Gasteiger partial charge in [0.1, 0.15) is 5.78 Å². The Morgan fingerprint density at radius 1 is 1.35 bits per heavy atom. The minimum absolute atomic E-state index is 0.265. The quantitative estimate of drug-likeness (QED) is 0.747. The number of ketones is 1. The third-order valence-electron chi connectivity index (χ3n) is 3.27. The number of allylic oxidation sites excluding steroid dienone is 2. The molecule has 0 aromatic heterocycles. The van der Waals surface area contributed by atoms with Gasteiger partial charge in [-0.25, -0.2) is 0 Å². The highest BCUT2D eigenvalue weighted by molar-refractivity contribution is 8.01. The normalized spacial score (nSPS) is 27.5. The number of benzene rings is 1. The van der Waals surface area contributed by atoms with E-state index in [1.807, 2.05) is 18.2 Å². The second-order valence-electron chi connectivity index (χ2n) is 5.00. The fraction of sp³-hybridized carbons (Fsp3) is 0.400. The number of rotatable bonds is 3. The maximum absolute atomic E-state index is 11.9. The van der Waals surface area contributed by atoms with Gasteiger partial charge in [-0.2, -0.15) is 0 Å². The Morgan fingerprint density at radius 2 is 2.00 bits per heavy atom. The predicted octanol–water partition coefficient (Wildman–Crippen LogP) is 4.09. The summed E-state index contributed by atoms with van der Waals surface area (Å²) in [5.41, 5.74) is 1.29. The molecule has 2 rings (SSSR count). The summed E-state index contributed by atoms with van der Waals surface area (Å²) in [6.45, 7) is 6.26. The molecule has 0 saturated heterocycles. The van der Waals surface area contributed by atoms with Crippen LogP contribution in [0.25, 0.3) is 0 Å². The molecule has 0 spiro atoms. The Bertz CT molecular complexity index is 445. The molecule has 0 aliphatic heterocycles. The summed E-state index contributed by atoms with van der Waals surface area (Å²) in [5.74, 6) is 0.749. The van der Waals surface area contributed by atoms with Crippen molar-refractivity contribution in [3.63, 3.8) is 0 Å². The van der Waals surface area contributed by atoms with E-state index in [0.717, 1.165) is 0 Å². The first-order chi connectivity index (χ1) is 8.02. The SMILES string of the molecule is CC(C)=C[C@H]1CC(=O)[C@@]1(C)Sc1ccccc1. The van der Waals surface area contributed by atoms with Crippen LogP contribution >= 0.6 is 11.8 Å². The Hall–Kier alpha value is -1.02. The summed E-state index contributed by atoms with van der Waals surface area (Å²) < 4.78 is -0.265. The average molecular weight is 246 g/mol. The van der Waals surface area contributed by atoms with E-state index in [1.54, 1.807) is 11.8 Å². The van der Waals surface area contributed by atoms with Crippen molar-refractivity contribution in [3.05, 3.63) is 42.0 Å². The zero-order valence-corrected chi connectivity index (χ0v) is 11.4. The van der Waals surface area contributed by atoms with Crippen LogP contribution in [0.5, 0.6) is 0 Å². The smallest absolute Gasteiger partial charge is 0.150 e. The van der Waals surface area contributed by atoms with E-state index in [4.69, 9.17) is 0 Å². The lowest BCUT2D eigenvalue weighted by molar-refractivity contribution is -0.128. The van der Waals surface area contributed by atoms with Crippen molar-refractivity contribution in [2.75, 3.05) is 0 Å². The molecular weight excluding hydrogens is 228 g/mol. The zero-order valence-electron chi connectivity index (χ0n) is 10.6. The van der Waals surface area contributed by atoms with Gasteiger partial charge in [-0.05, 0) is 32.9 Å². The van der Waals surface area contributed by atoms with Gasteiger partial charge in [-0.15, -0.1) is 11.8 Å². The fourth-order valence-electron chi connectivity index (χ4n) is 2.16. The molecule has 1 aliphatic rings. The maximum atomic E-state index is 11.9. The Kier molecular flexibility index (Phi) is 3.43. The average Bonchev–Trinajstić information content (AvgIpc) is 2.29.